The van der Waals surface area contributed by atoms with Gasteiger partial charge in [-0.2, -0.15) is 0 Å². The lowest BCUT2D eigenvalue weighted by Crippen LogP contribution is -2.47. The van der Waals surface area contributed by atoms with Gasteiger partial charge in [-0.25, -0.2) is 4.79 Å². The Balaban J connectivity index is 1.75. The van der Waals surface area contributed by atoms with Crippen LogP contribution >= 0.6 is 0 Å². The topological polar surface area (TPSA) is 41.6 Å². The van der Waals surface area contributed by atoms with Gasteiger partial charge >= 0.3 is 5.97 Å². The molecule has 0 saturated carbocycles. The van der Waals surface area contributed by atoms with Gasteiger partial charge in [0.15, 0.2) is 0 Å². The molecule has 0 aliphatic carbocycles. The van der Waals surface area contributed by atoms with Crippen molar-refractivity contribution < 1.29 is 9.53 Å². The van der Waals surface area contributed by atoms with E-state index in [4.69, 9.17) is 4.74 Å². The summed E-state index contributed by atoms with van der Waals surface area (Å²) in [5.74, 6) is 0.469. The van der Waals surface area contributed by atoms with Crippen molar-refractivity contribution in [2.45, 2.75) is 24.9 Å². The zero-order valence-corrected chi connectivity index (χ0v) is 11.9. The predicted molar refractivity (Wildman–Crippen MR) is 77.3 cm³/mol. The van der Waals surface area contributed by atoms with E-state index in [2.05, 4.69) is 10.2 Å². The van der Waals surface area contributed by atoms with E-state index in [1.54, 1.807) is 0 Å². The minimum absolute atomic E-state index is 0.198. The molecule has 20 heavy (non-hydrogen) atoms. The number of nitrogens with zero attached hydrogens (tertiary/aromatic N) is 1. The Hall–Kier alpha value is -1.39. The lowest BCUT2D eigenvalue weighted by Gasteiger charge is -2.33. The van der Waals surface area contributed by atoms with Crippen LogP contribution in [0.5, 0.6) is 0 Å². The van der Waals surface area contributed by atoms with Crippen molar-refractivity contribution in [2.75, 3.05) is 26.7 Å². The van der Waals surface area contributed by atoms with E-state index in [0.29, 0.717) is 12.0 Å². The van der Waals surface area contributed by atoms with Crippen molar-refractivity contribution in [3.05, 3.63) is 35.9 Å². The quantitative estimate of drug-likeness (QED) is 0.847. The van der Waals surface area contributed by atoms with Crippen LogP contribution in [0.4, 0.5) is 0 Å². The molecule has 2 aliphatic rings. The minimum atomic E-state index is -0.349. The molecule has 0 amide bonds. The highest BCUT2D eigenvalue weighted by atomic mass is 16.5. The second-order valence-electron chi connectivity index (χ2n) is 5.78. The number of ether oxygens (including phenoxy) is 1. The number of methoxy groups -OCH3 is 1. The second-order valence-corrected chi connectivity index (χ2v) is 5.78. The lowest BCUT2D eigenvalue weighted by molar-refractivity contribution is -0.143. The van der Waals surface area contributed by atoms with E-state index >= 15 is 0 Å². The number of rotatable bonds is 4. The first-order valence-electron chi connectivity index (χ1n) is 7.39. The van der Waals surface area contributed by atoms with Gasteiger partial charge in [-0.1, -0.05) is 30.3 Å². The predicted octanol–water partition coefficient (Wildman–Crippen LogP) is 1.58. The first-order valence-corrected chi connectivity index (χ1v) is 7.39. The van der Waals surface area contributed by atoms with Crippen molar-refractivity contribution in [2.24, 2.45) is 5.92 Å². The van der Waals surface area contributed by atoms with Crippen LogP contribution in [0.3, 0.4) is 0 Å². The summed E-state index contributed by atoms with van der Waals surface area (Å²) in [6, 6.07) is 9.93. The summed E-state index contributed by atoms with van der Waals surface area (Å²) < 4.78 is 4.98. The number of nitrogens with one attached hydrogen (secondary N) is 1. The third-order valence-corrected chi connectivity index (χ3v) is 4.58. The molecule has 0 spiro atoms. The van der Waals surface area contributed by atoms with Crippen LogP contribution in [0.2, 0.25) is 0 Å². The second kappa shape index (κ2) is 5.94. The van der Waals surface area contributed by atoms with Crippen molar-refractivity contribution in [3.63, 3.8) is 0 Å². The third kappa shape index (κ3) is 2.72. The highest BCUT2D eigenvalue weighted by molar-refractivity contribution is 5.77. The Kier molecular flexibility index (Phi) is 4.03. The maximum Gasteiger partial charge on any atom is 0.327 e. The molecule has 4 heteroatoms. The Morgan fingerprint density at radius 3 is 2.80 bits per heavy atom. The molecule has 4 atom stereocenters. The Morgan fingerprint density at radius 1 is 1.30 bits per heavy atom. The molecule has 4 unspecified atom stereocenters. The maximum atomic E-state index is 12.1. The number of benzene rings is 1. The van der Waals surface area contributed by atoms with Crippen LogP contribution in [0.1, 0.15) is 24.4 Å². The fourth-order valence-electron chi connectivity index (χ4n) is 3.45. The summed E-state index contributed by atoms with van der Waals surface area (Å²) in [4.78, 5) is 14.6. The molecule has 2 fully saturated rings. The summed E-state index contributed by atoms with van der Waals surface area (Å²) in [5, 5.41) is 3.55. The monoisotopic (exact) mass is 274 g/mol. The average Bonchev–Trinajstić information content (AvgIpc) is 2.89. The van der Waals surface area contributed by atoms with Gasteiger partial charge in [0.1, 0.15) is 6.04 Å². The van der Waals surface area contributed by atoms with Gasteiger partial charge in [-0.05, 0) is 37.4 Å². The summed E-state index contributed by atoms with van der Waals surface area (Å²) >= 11 is 0. The van der Waals surface area contributed by atoms with E-state index in [1.165, 1.54) is 26.6 Å². The SMILES string of the molecule is COC(=O)C(NC1CCN2CCC1C2)c1ccccc1. The van der Waals surface area contributed by atoms with Gasteiger partial charge in [0.05, 0.1) is 7.11 Å². The van der Waals surface area contributed by atoms with E-state index in [0.717, 1.165) is 18.5 Å². The van der Waals surface area contributed by atoms with Gasteiger partial charge < -0.3 is 9.64 Å². The molecule has 1 aromatic carbocycles. The fourth-order valence-corrected chi connectivity index (χ4v) is 3.45. The fraction of sp³-hybridized carbons (Fsp3) is 0.562. The standard InChI is InChI=1S/C16H22N2O2/c1-20-16(19)15(12-5-3-2-4-6-12)17-14-8-10-18-9-7-13(14)11-18/h2-6,13-15,17H,7-11H2,1H3. The number of carbonyl (C=O) groups excluding carboxylic acids is 1. The highest BCUT2D eigenvalue weighted by Gasteiger charge is 2.36. The molecule has 2 bridgehead atoms. The van der Waals surface area contributed by atoms with E-state index in [1.807, 2.05) is 30.3 Å². The molecule has 108 valence electrons. The number of piperidine rings is 1. The first-order chi connectivity index (χ1) is 9.78. The number of hydrogen-bond acceptors (Lipinski definition) is 4. The van der Waals surface area contributed by atoms with Crippen molar-refractivity contribution in [1.82, 2.24) is 10.2 Å². The average molecular weight is 274 g/mol. The van der Waals surface area contributed by atoms with E-state index < -0.39 is 0 Å². The third-order valence-electron chi connectivity index (χ3n) is 4.58. The largest absolute Gasteiger partial charge is 0.468 e. The number of hydrogen-bond donors (Lipinski definition) is 1. The van der Waals surface area contributed by atoms with Crippen molar-refractivity contribution >= 4 is 5.97 Å². The smallest absolute Gasteiger partial charge is 0.327 e. The van der Waals surface area contributed by atoms with Crippen molar-refractivity contribution in [3.8, 4) is 0 Å². The van der Waals surface area contributed by atoms with Gasteiger partial charge in [0, 0.05) is 12.6 Å². The Morgan fingerprint density at radius 2 is 2.05 bits per heavy atom. The molecule has 2 aliphatic heterocycles. The van der Waals surface area contributed by atoms with Crippen LogP contribution < -0.4 is 5.32 Å². The summed E-state index contributed by atoms with van der Waals surface area (Å²) in [7, 11) is 1.46. The Labute approximate surface area is 120 Å². The van der Waals surface area contributed by atoms with Gasteiger partial charge in [0.25, 0.3) is 0 Å². The van der Waals surface area contributed by atoms with Crippen LogP contribution in [0.25, 0.3) is 0 Å². The molecular formula is C16H22N2O2. The number of esters is 1. The zero-order chi connectivity index (χ0) is 13.9. The Bertz CT molecular complexity index is 463. The molecule has 3 rings (SSSR count). The molecule has 2 heterocycles. The summed E-state index contributed by atoms with van der Waals surface area (Å²) in [6.45, 7) is 3.51. The molecule has 1 N–H and O–H groups in total. The molecule has 1 aromatic rings. The number of carbonyl (C=O) groups is 1. The summed E-state index contributed by atoms with van der Waals surface area (Å²) in [5.41, 5.74) is 0.986. The number of fused-ring (bicyclic) bond motifs is 2. The maximum absolute atomic E-state index is 12.1. The van der Waals surface area contributed by atoms with Crippen LogP contribution in [-0.4, -0.2) is 43.7 Å². The lowest BCUT2D eigenvalue weighted by atomic mass is 9.92. The van der Waals surface area contributed by atoms with Crippen LogP contribution in [0.15, 0.2) is 30.3 Å². The molecule has 0 aromatic heterocycles. The van der Waals surface area contributed by atoms with E-state index in [-0.39, 0.29) is 12.0 Å². The van der Waals surface area contributed by atoms with Gasteiger partial charge in [-0.15, -0.1) is 0 Å². The van der Waals surface area contributed by atoms with E-state index in [9.17, 15) is 4.79 Å². The summed E-state index contributed by atoms with van der Waals surface area (Å²) in [6.07, 6.45) is 2.35. The van der Waals surface area contributed by atoms with Crippen LogP contribution in [-0.2, 0) is 9.53 Å². The van der Waals surface area contributed by atoms with Crippen molar-refractivity contribution in [1.29, 1.82) is 0 Å². The molecule has 0 radical (unpaired) electrons. The zero-order valence-electron chi connectivity index (χ0n) is 11.9. The normalized spacial score (nSPS) is 29.9. The van der Waals surface area contributed by atoms with Gasteiger partial charge in [0.2, 0.25) is 0 Å². The van der Waals surface area contributed by atoms with Gasteiger partial charge in [-0.3, -0.25) is 5.32 Å². The van der Waals surface area contributed by atoms with Crippen LogP contribution in [0, 0.1) is 5.92 Å². The minimum Gasteiger partial charge on any atom is -0.468 e. The highest BCUT2D eigenvalue weighted by Crippen LogP contribution is 2.29. The first kappa shape index (κ1) is 13.6. The molecular weight excluding hydrogens is 252 g/mol. The molecule has 4 nitrogen and oxygen atoms in total. The molecule has 2 saturated heterocycles.